The van der Waals surface area contributed by atoms with Crippen LogP contribution in [0.25, 0.3) is 0 Å². The molecule has 1 spiro atoms. The summed E-state index contributed by atoms with van der Waals surface area (Å²) in [5.41, 5.74) is 0.803. The molecule has 0 radical (unpaired) electrons. The number of halogens is 1. The van der Waals surface area contributed by atoms with Crippen LogP contribution in [-0.2, 0) is 4.84 Å². The summed E-state index contributed by atoms with van der Waals surface area (Å²) in [6.45, 7) is 3.40. The first-order valence-corrected chi connectivity index (χ1v) is 8.14. The molecule has 6 heteroatoms. The zero-order valence-electron chi connectivity index (χ0n) is 12.6. The van der Waals surface area contributed by atoms with Crippen molar-refractivity contribution in [2.24, 2.45) is 11.1 Å². The molecule has 0 unspecified atom stereocenters. The topological polar surface area (TPSA) is 46.1 Å². The zero-order chi connectivity index (χ0) is 15.2. The van der Waals surface area contributed by atoms with Crippen LogP contribution in [-0.4, -0.2) is 43.1 Å². The molecule has 4 heterocycles. The van der Waals surface area contributed by atoms with E-state index in [2.05, 4.69) is 15.4 Å². The molecule has 0 aliphatic carbocycles. The minimum absolute atomic E-state index is 0.116. The third-order valence-corrected chi connectivity index (χ3v) is 5.38. The average molecular weight is 322 g/mol. The number of benzene rings is 1. The number of ether oxygens (including phenoxy) is 1. The van der Waals surface area contributed by atoms with Gasteiger partial charge in [0.15, 0.2) is 11.4 Å². The molecule has 4 aliphatic heterocycles. The van der Waals surface area contributed by atoms with Crippen molar-refractivity contribution in [2.45, 2.75) is 24.9 Å². The maximum Gasteiger partial charge on any atom is 0.160 e. The smallest absolute Gasteiger partial charge is 0.160 e. The minimum Gasteiger partial charge on any atom is -0.495 e. The van der Waals surface area contributed by atoms with Crippen LogP contribution in [0.15, 0.2) is 23.4 Å². The molecule has 0 aromatic heterocycles. The fraction of sp³-hybridized carbons (Fsp3) is 0.562. The molecule has 5 nitrogen and oxygen atoms in total. The molecule has 22 heavy (non-hydrogen) atoms. The van der Waals surface area contributed by atoms with E-state index < -0.39 is 0 Å². The van der Waals surface area contributed by atoms with E-state index in [9.17, 15) is 0 Å². The van der Waals surface area contributed by atoms with E-state index in [1.54, 1.807) is 7.11 Å². The lowest BCUT2D eigenvalue weighted by Gasteiger charge is -2.49. The molecule has 1 N–H and O–H groups in total. The molecule has 3 saturated heterocycles. The number of anilines is 1. The number of methoxy groups -OCH3 is 1. The zero-order valence-corrected chi connectivity index (χ0v) is 13.4. The summed E-state index contributed by atoms with van der Waals surface area (Å²) < 4.78 is 5.25. The minimum atomic E-state index is -0.116. The number of piperidine rings is 3. The van der Waals surface area contributed by atoms with Gasteiger partial charge in [-0.15, -0.1) is 0 Å². The monoisotopic (exact) mass is 321 g/mol. The Balaban J connectivity index is 1.47. The van der Waals surface area contributed by atoms with Crippen molar-refractivity contribution in [3.63, 3.8) is 0 Å². The maximum absolute atomic E-state index is 6.06. The molecular weight excluding hydrogens is 302 g/mol. The Morgan fingerprint density at radius 3 is 2.91 bits per heavy atom. The number of nitrogens with one attached hydrogen (secondary N) is 1. The van der Waals surface area contributed by atoms with Gasteiger partial charge in [0.1, 0.15) is 5.75 Å². The van der Waals surface area contributed by atoms with Gasteiger partial charge in [0.25, 0.3) is 0 Å². The van der Waals surface area contributed by atoms with Gasteiger partial charge in [-0.3, -0.25) is 4.90 Å². The number of hydrogen-bond acceptors (Lipinski definition) is 5. The van der Waals surface area contributed by atoms with Gasteiger partial charge in [-0.1, -0.05) is 16.8 Å². The van der Waals surface area contributed by atoms with E-state index >= 15 is 0 Å². The van der Waals surface area contributed by atoms with Gasteiger partial charge < -0.3 is 14.9 Å². The Bertz CT molecular complexity index is 613. The highest BCUT2D eigenvalue weighted by Crippen LogP contribution is 2.43. The molecule has 2 bridgehead atoms. The second kappa shape index (κ2) is 5.32. The molecule has 5 rings (SSSR count). The number of nitrogens with zero attached hydrogens (tertiary/aromatic N) is 2. The molecule has 1 atom stereocenters. The number of amidine groups is 1. The highest BCUT2D eigenvalue weighted by Gasteiger charge is 2.52. The van der Waals surface area contributed by atoms with Gasteiger partial charge in [0, 0.05) is 24.2 Å². The van der Waals surface area contributed by atoms with Gasteiger partial charge in [0.05, 0.1) is 18.6 Å². The van der Waals surface area contributed by atoms with E-state index in [4.69, 9.17) is 21.2 Å². The Morgan fingerprint density at radius 2 is 2.23 bits per heavy atom. The summed E-state index contributed by atoms with van der Waals surface area (Å²) in [7, 11) is 1.61. The normalized spacial score (nSPS) is 32.7. The van der Waals surface area contributed by atoms with Crippen molar-refractivity contribution >= 4 is 23.1 Å². The molecule has 118 valence electrons. The van der Waals surface area contributed by atoms with Crippen molar-refractivity contribution in [2.75, 3.05) is 32.1 Å². The highest BCUT2D eigenvalue weighted by molar-refractivity contribution is 6.32. The molecule has 0 saturated carbocycles. The molecule has 4 aliphatic rings. The second-order valence-electron chi connectivity index (χ2n) is 6.40. The van der Waals surface area contributed by atoms with E-state index in [1.807, 2.05) is 18.2 Å². The predicted octanol–water partition coefficient (Wildman–Crippen LogP) is 2.96. The fourth-order valence-electron chi connectivity index (χ4n) is 3.89. The summed E-state index contributed by atoms with van der Waals surface area (Å²) in [6, 6.07) is 5.63. The van der Waals surface area contributed by atoms with Gasteiger partial charge in [0.2, 0.25) is 0 Å². The van der Waals surface area contributed by atoms with Crippen LogP contribution in [0.1, 0.15) is 19.3 Å². The quantitative estimate of drug-likeness (QED) is 0.909. The van der Waals surface area contributed by atoms with Crippen molar-refractivity contribution in [3.05, 3.63) is 23.2 Å². The lowest BCUT2D eigenvalue weighted by Crippen LogP contribution is -2.59. The summed E-state index contributed by atoms with van der Waals surface area (Å²) in [6.07, 6.45) is 3.29. The first-order valence-electron chi connectivity index (χ1n) is 7.76. The van der Waals surface area contributed by atoms with Crippen LogP contribution >= 0.6 is 11.6 Å². The summed E-state index contributed by atoms with van der Waals surface area (Å²) in [4.78, 5) is 8.40. The first-order chi connectivity index (χ1) is 10.7. The standard InChI is InChI=1S/C16H20ClN3O2/c1-21-14-8-12(2-3-13(14)17)18-15-9-16(22-19-15)10-20-6-4-11(16)5-7-20/h2-3,8,11H,4-7,9-10H2,1H3,(H,18,19)/t16-/m0/s1. The van der Waals surface area contributed by atoms with Crippen molar-refractivity contribution in [1.82, 2.24) is 4.90 Å². The Kier molecular flexibility index (Phi) is 3.42. The fourth-order valence-corrected chi connectivity index (χ4v) is 4.09. The van der Waals surface area contributed by atoms with E-state index in [1.165, 1.54) is 25.9 Å². The van der Waals surface area contributed by atoms with Gasteiger partial charge in [-0.2, -0.15) is 0 Å². The van der Waals surface area contributed by atoms with Crippen LogP contribution in [0.2, 0.25) is 5.02 Å². The Labute approximate surface area is 135 Å². The second-order valence-corrected chi connectivity index (χ2v) is 6.80. The van der Waals surface area contributed by atoms with E-state index in [0.717, 1.165) is 24.5 Å². The third kappa shape index (κ3) is 2.32. The number of oxime groups is 1. The van der Waals surface area contributed by atoms with Crippen LogP contribution in [0.4, 0.5) is 5.69 Å². The highest BCUT2D eigenvalue weighted by atomic mass is 35.5. The number of hydrogen-bond donors (Lipinski definition) is 1. The summed E-state index contributed by atoms with van der Waals surface area (Å²) >= 11 is 6.06. The Morgan fingerprint density at radius 1 is 1.41 bits per heavy atom. The Hall–Kier alpha value is -1.46. The van der Waals surface area contributed by atoms with Crippen LogP contribution in [0.3, 0.4) is 0 Å². The largest absolute Gasteiger partial charge is 0.495 e. The third-order valence-electron chi connectivity index (χ3n) is 5.07. The lowest BCUT2D eigenvalue weighted by molar-refractivity contribution is -0.136. The van der Waals surface area contributed by atoms with Gasteiger partial charge in [-0.25, -0.2) is 0 Å². The maximum atomic E-state index is 6.06. The molecule has 1 aromatic rings. The van der Waals surface area contributed by atoms with Crippen LogP contribution in [0.5, 0.6) is 5.75 Å². The van der Waals surface area contributed by atoms with E-state index in [-0.39, 0.29) is 5.60 Å². The van der Waals surface area contributed by atoms with Crippen LogP contribution < -0.4 is 10.1 Å². The van der Waals surface area contributed by atoms with Crippen molar-refractivity contribution in [3.8, 4) is 5.75 Å². The number of fused-ring (bicyclic) bond motifs is 2. The molecular formula is C16H20ClN3O2. The molecule has 0 amide bonds. The van der Waals surface area contributed by atoms with Crippen molar-refractivity contribution < 1.29 is 9.57 Å². The first kappa shape index (κ1) is 14.2. The van der Waals surface area contributed by atoms with Gasteiger partial charge >= 0.3 is 0 Å². The predicted molar refractivity (Wildman–Crippen MR) is 86.7 cm³/mol. The lowest BCUT2D eigenvalue weighted by atomic mass is 9.73. The average Bonchev–Trinajstić information content (AvgIpc) is 2.92. The molecule has 1 aromatic carbocycles. The summed E-state index contributed by atoms with van der Waals surface area (Å²) in [5.74, 6) is 2.17. The summed E-state index contributed by atoms with van der Waals surface area (Å²) in [5, 5.41) is 8.25. The van der Waals surface area contributed by atoms with Crippen LogP contribution in [0, 0.1) is 5.92 Å². The molecule has 3 fully saturated rings. The SMILES string of the molecule is COc1cc(NC2=NO[C@@]3(C2)CN2CCC3CC2)ccc1Cl. The van der Waals surface area contributed by atoms with E-state index in [0.29, 0.717) is 16.7 Å². The van der Waals surface area contributed by atoms with Crippen molar-refractivity contribution in [1.29, 1.82) is 0 Å². The van der Waals surface area contributed by atoms with Gasteiger partial charge in [-0.05, 0) is 38.1 Å². The number of rotatable bonds is 2.